The summed E-state index contributed by atoms with van der Waals surface area (Å²) in [6.07, 6.45) is -2.36. The minimum absolute atomic E-state index is 0.118. The lowest BCUT2D eigenvalue weighted by atomic mass is 9.89. The zero-order valence-corrected chi connectivity index (χ0v) is 16.9. The van der Waals surface area contributed by atoms with Crippen molar-refractivity contribution in [2.75, 3.05) is 19.0 Å². The fourth-order valence-corrected chi connectivity index (χ4v) is 3.75. The first-order chi connectivity index (χ1) is 14.8. The molecule has 0 spiro atoms. The number of hydrogen-bond acceptors (Lipinski definition) is 3. The van der Waals surface area contributed by atoms with Crippen LogP contribution in [0.5, 0.6) is 0 Å². The Hall–Kier alpha value is -3.67. The van der Waals surface area contributed by atoms with E-state index in [-0.39, 0.29) is 5.52 Å². The lowest BCUT2D eigenvalue weighted by molar-refractivity contribution is -0.136. The summed E-state index contributed by atoms with van der Waals surface area (Å²) in [7, 11) is 3.79. The van der Waals surface area contributed by atoms with Crippen LogP contribution in [0.1, 0.15) is 15.9 Å². The number of anilines is 1. The van der Waals surface area contributed by atoms with Crippen molar-refractivity contribution in [3.63, 3.8) is 0 Å². The van der Waals surface area contributed by atoms with Crippen LogP contribution in [-0.4, -0.2) is 25.4 Å². The van der Waals surface area contributed by atoms with Crippen LogP contribution >= 0.6 is 0 Å². The Bertz CT molecular complexity index is 1280. The van der Waals surface area contributed by atoms with E-state index < -0.39 is 11.7 Å². The topological polar surface area (TPSA) is 33.2 Å². The third-order valence-corrected chi connectivity index (χ3v) is 5.23. The Morgan fingerprint density at radius 1 is 0.903 bits per heavy atom. The molecule has 0 saturated heterocycles. The fraction of sp³-hybridized carbons (Fsp3) is 0.120. The maximum absolute atomic E-state index is 13.7. The predicted octanol–water partition coefficient (Wildman–Crippen LogP) is 6.47. The molecule has 0 fully saturated rings. The minimum Gasteiger partial charge on any atom is -0.378 e. The van der Waals surface area contributed by atoms with E-state index in [9.17, 15) is 18.0 Å². The van der Waals surface area contributed by atoms with Crippen molar-refractivity contribution in [3.8, 4) is 22.3 Å². The highest BCUT2D eigenvalue weighted by molar-refractivity contribution is 6.05. The molecule has 0 aliphatic heterocycles. The van der Waals surface area contributed by atoms with Gasteiger partial charge >= 0.3 is 6.18 Å². The molecule has 0 saturated carbocycles. The van der Waals surface area contributed by atoms with E-state index >= 15 is 0 Å². The number of carbonyl (C=O) groups is 1. The molecule has 31 heavy (non-hydrogen) atoms. The number of benzene rings is 3. The van der Waals surface area contributed by atoms with E-state index in [1.807, 2.05) is 43.3 Å². The van der Waals surface area contributed by atoms with Crippen LogP contribution in [0.15, 0.2) is 72.9 Å². The average molecular weight is 420 g/mol. The van der Waals surface area contributed by atoms with Crippen molar-refractivity contribution < 1.29 is 18.0 Å². The number of carbonyl (C=O) groups excluding carboxylic acids is 1. The monoisotopic (exact) mass is 420 g/mol. The first-order valence-corrected chi connectivity index (χ1v) is 9.62. The second kappa shape index (κ2) is 7.87. The highest BCUT2D eigenvalue weighted by Crippen LogP contribution is 2.42. The number of aromatic nitrogens is 1. The molecule has 0 aliphatic rings. The molecular formula is C25H19F3N2O. The Balaban J connectivity index is 2.13. The lowest BCUT2D eigenvalue weighted by Gasteiger charge is -2.19. The quantitative estimate of drug-likeness (QED) is 0.355. The largest absolute Gasteiger partial charge is 0.418 e. The number of alkyl halides is 3. The molecule has 0 amide bonds. The van der Waals surface area contributed by atoms with Crippen molar-refractivity contribution in [3.05, 3.63) is 84.1 Å². The molecule has 4 rings (SSSR count). The van der Waals surface area contributed by atoms with Gasteiger partial charge in [0, 0.05) is 48.1 Å². The van der Waals surface area contributed by atoms with Gasteiger partial charge in [0.05, 0.1) is 11.1 Å². The molecule has 156 valence electrons. The summed E-state index contributed by atoms with van der Waals surface area (Å²) in [4.78, 5) is 17.8. The maximum Gasteiger partial charge on any atom is 0.418 e. The van der Waals surface area contributed by atoms with Crippen molar-refractivity contribution in [2.45, 2.75) is 6.18 Å². The number of halogens is 3. The summed E-state index contributed by atoms with van der Waals surface area (Å²) in [6.45, 7) is 0. The van der Waals surface area contributed by atoms with Gasteiger partial charge < -0.3 is 4.90 Å². The van der Waals surface area contributed by atoms with Crippen LogP contribution in [0, 0.1) is 0 Å². The highest BCUT2D eigenvalue weighted by Gasteiger charge is 2.33. The number of pyridine rings is 1. The van der Waals surface area contributed by atoms with Gasteiger partial charge in [0.15, 0.2) is 6.29 Å². The lowest BCUT2D eigenvalue weighted by Crippen LogP contribution is -2.08. The molecular weight excluding hydrogens is 401 g/mol. The standard InChI is InChI=1S/C25H19F3N2O/c1-30(2)18-9-5-8-16(13-18)23-20-11-6-12-22(25(26,27)28)24(20)29-14-21(23)19-10-4-3-7-17(19)15-31/h3-15H,1-2H3. The molecule has 0 radical (unpaired) electrons. The van der Waals surface area contributed by atoms with Crippen LogP contribution < -0.4 is 4.90 Å². The summed E-state index contributed by atoms with van der Waals surface area (Å²) in [6, 6.07) is 18.6. The summed E-state index contributed by atoms with van der Waals surface area (Å²) in [5.74, 6) is 0. The molecule has 3 aromatic carbocycles. The number of fused-ring (bicyclic) bond motifs is 1. The number of hydrogen-bond donors (Lipinski definition) is 0. The average Bonchev–Trinajstić information content (AvgIpc) is 2.77. The van der Waals surface area contributed by atoms with Crippen LogP contribution in [0.2, 0.25) is 0 Å². The molecule has 3 nitrogen and oxygen atoms in total. The van der Waals surface area contributed by atoms with E-state index in [1.54, 1.807) is 30.3 Å². The first kappa shape index (κ1) is 20.6. The Labute approximate surface area is 177 Å². The molecule has 1 heterocycles. The number of aldehydes is 1. The van der Waals surface area contributed by atoms with Gasteiger partial charge in [0.1, 0.15) is 0 Å². The number of rotatable bonds is 4. The summed E-state index contributed by atoms with van der Waals surface area (Å²) in [5, 5.41) is 0.379. The van der Waals surface area contributed by atoms with Crippen molar-refractivity contribution >= 4 is 22.9 Å². The maximum atomic E-state index is 13.7. The van der Waals surface area contributed by atoms with Gasteiger partial charge in [0.25, 0.3) is 0 Å². The van der Waals surface area contributed by atoms with Gasteiger partial charge in [-0.05, 0) is 29.3 Å². The van der Waals surface area contributed by atoms with Crippen LogP contribution in [0.25, 0.3) is 33.2 Å². The van der Waals surface area contributed by atoms with E-state index in [2.05, 4.69) is 4.98 Å². The van der Waals surface area contributed by atoms with Crippen molar-refractivity contribution in [2.24, 2.45) is 0 Å². The molecule has 1 aromatic heterocycles. The molecule has 0 bridgehead atoms. The van der Waals surface area contributed by atoms with E-state index in [0.29, 0.717) is 27.6 Å². The van der Waals surface area contributed by atoms with E-state index in [1.165, 1.54) is 12.3 Å². The number of para-hydroxylation sites is 1. The van der Waals surface area contributed by atoms with Crippen molar-refractivity contribution in [1.82, 2.24) is 4.98 Å². The molecule has 4 aromatic rings. The van der Waals surface area contributed by atoms with E-state index in [0.717, 1.165) is 23.6 Å². The van der Waals surface area contributed by atoms with Gasteiger partial charge in [-0.2, -0.15) is 13.2 Å². The zero-order valence-electron chi connectivity index (χ0n) is 16.9. The Kier molecular flexibility index (Phi) is 5.23. The normalized spacial score (nSPS) is 11.5. The second-order valence-electron chi connectivity index (χ2n) is 7.40. The molecule has 0 N–H and O–H groups in total. The van der Waals surface area contributed by atoms with Crippen molar-refractivity contribution in [1.29, 1.82) is 0 Å². The van der Waals surface area contributed by atoms with Gasteiger partial charge in [0.2, 0.25) is 0 Å². The van der Waals surface area contributed by atoms with Gasteiger partial charge in [-0.25, -0.2) is 0 Å². The van der Waals surface area contributed by atoms with Crippen LogP contribution in [0.3, 0.4) is 0 Å². The van der Waals surface area contributed by atoms with Gasteiger partial charge in [-0.15, -0.1) is 0 Å². The SMILES string of the molecule is CN(C)c1cccc(-c2c(-c3ccccc3C=O)cnc3c(C(F)(F)F)cccc23)c1. The Morgan fingerprint density at radius 2 is 1.65 bits per heavy atom. The third kappa shape index (κ3) is 3.77. The fourth-order valence-electron chi connectivity index (χ4n) is 3.75. The Morgan fingerprint density at radius 3 is 2.35 bits per heavy atom. The van der Waals surface area contributed by atoms with Gasteiger partial charge in [-0.3, -0.25) is 9.78 Å². The first-order valence-electron chi connectivity index (χ1n) is 9.62. The van der Waals surface area contributed by atoms with Crippen LogP contribution in [-0.2, 0) is 6.18 Å². The minimum atomic E-state index is -4.53. The van der Waals surface area contributed by atoms with E-state index in [4.69, 9.17) is 0 Å². The molecule has 6 heteroatoms. The number of nitrogens with zero attached hydrogens (tertiary/aromatic N) is 2. The predicted molar refractivity (Wildman–Crippen MR) is 117 cm³/mol. The third-order valence-electron chi connectivity index (χ3n) is 5.23. The highest BCUT2D eigenvalue weighted by atomic mass is 19.4. The zero-order chi connectivity index (χ0) is 22.2. The molecule has 0 unspecified atom stereocenters. The summed E-state index contributed by atoms with van der Waals surface area (Å²) < 4.78 is 41.0. The molecule has 0 aliphatic carbocycles. The smallest absolute Gasteiger partial charge is 0.378 e. The van der Waals surface area contributed by atoms with Gasteiger partial charge in [-0.1, -0.05) is 48.5 Å². The molecule has 0 atom stereocenters. The summed E-state index contributed by atoms with van der Waals surface area (Å²) in [5.41, 5.74) is 3.02. The van der Waals surface area contributed by atoms with Crippen LogP contribution in [0.4, 0.5) is 18.9 Å². The summed E-state index contributed by atoms with van der Waals surface area (Å²) >= 11 is 0. The second-order valence-corrected chi connectivity index (χ2v) is 7.40.